The lowest BCUT2D eigenvalue weighted by Crippen LogP contribution is -2.28. The van der Waals surface area contributed by atoms with Gasteiger partial charge in [0, 0.05) is 6.04 Å². The van der Waals surface area contributed by atoms with Crippen molar-refractivity contribution in [2.45, 2.75) is 18.9 Å². The van der Waals surface area contributed by atoms with E-state index in [1.807, 2.05) is 0 Å². The SMILES string of the molecule is COc1cc(C(=O)O)ccc1OCC1CCCN1. The Morgan fingerprint density at radius 1 is 1.50 bits per heavy atom. The maximum atomic E-state index is 10.8. The van der Waals surface area contributed by atoms with E-state index in [2.05, 4.69) is 5.32 Å². The number of carboxylic acid groups (broad SMARTS) is 1. The van der Waals surface area contributed by atoms with Crippen molar-refractivity contribution in [3.63, 3.8) is 0 Å². The molecule has 5 nitrogen and oxygen atoms in total. The highest BCUT2D eigenvalue weighted by atomic mass is 16.5. The van der Waals surface area contributed by atoms with E-state index in [9.17, 15) is 4.79 Å². The van der Waals surface area contributed by atoms with Crippen LogP contribution in [-0.2, 0) is 0 Å². The molecule has 2 N–H and O–H groups in total. The van der Waals surface area contributed by atoms with Crippen LogP contribution in [0.1, 0.15) is 23.2 Å². The Balaban J connectivity index is 2.04. The molecule has 1 aromatic carbocycles. The predicted molar refractivity (Wildman–Crippen MR) is 66.5 cm³/mol. The van der Waals surface area contributed by atoms with E-state index in [-0.39, 0.29) is 5.56 Å². The van der Waals surface area contributed by atoms with E-state index < -0.39 is 5.97 Å². The first-order valence-corrected chi connectivity index (χ1v) is 5.98. The minimum absolute atomic E-state index is 0.193. The van der Waals surface area contributed by atoms with Gasteiger partial charge in [-0.3, -0.25) is 0 Å². The molecule has 0 saturated carbocycles. The Bertz CT molecular complexity index is 427. The maximum absolute atomic E-state index is 10.8. The Labute approximate surface area is 106 Å². The fourth-order valence-electron chi connectivity index (χ4n) is 2.01. The molecule has 0 aliphatic carbocycles. The van der Waals surface area contributed by atoms with Gasteiger partial charge in [0.25, 0.3) is 0 Å². The van der Waals surface area contributed by atoms with Gasteiger partial charge in [-0.1, -0.05) is 0 Å². The average molecular weight is 251 g/mol. The monoisotopic (exact) mass is 251 g/mol. The van der Waals surface area contributed by atoms with Gasteiger partial charge in [0.1, 0.15) is 6.61 Å². The van der Waals surface area contributed by atoms with Crippen LogP contribution < -0.4 is 14.8 Å². The van der Waals surface area contributed by atoms with Gasteiger partial charge in [0.05, 0.1) is 12.7 Å². The molecule has 2 rings (SSSR count). The third-order valence-electron chi connectivity index (χ3n) is 3.01. The lowest BCUT2D eigenvalue weighted by Gasteiger charge is -2.14. The molecule has 0 bridgehead atoms. The third-order valence-corrected chi connectivity index (χ3v) is 3.01. The highest BCUT2D eigenvalue weighted by molar-refractivity contribution is 5.88. The molecule has 1 aromatic rings. The van der Waals surface area contributed by atoms with E-state index in [1.165, 1.54) is 25.7 Å². The summed E-state index contributed by atoms with van der Waals surface area (Å²) in [5.41, 5.74) is 0.193. The summed E-state index contributed by atoms with van der Waals surface area (Å²) in [5, 5.41) is 12.2. The number of rotatable bonds is 5. The van der Waals surface area contributed by atoms with Gasteiger partial charge in [-0.25, -0.2) is 4.79 Å². The van der Waals surface area contributed by atoms with Crippen LogP contribution in [-0.4, -0.2) is 37.4 Å². The molecular formula is C13H17NO4. The topological polar surface area (TPSA) is 67.8 Å². The van der Waals surface area contributed by atoms with E-state index in [4.69, 9.17) is 14.6 Å². The summed E-state index contributed by atoms with van der Waals surface area (Å²) in [7, 11) is 1.50. The van der Waals surface area contributed by atoms with Crippen molar-refractivity contribution in [1.82, 2.24) is 5.32 Å². The second-order valence-corrected chi connectivity index (χ2v) is 4.28. The first kappa shape index (κ1) is 12.7. The molecule has 1 saturated heterocycles. The number of aromatic carboxylic acids is 1. The van der Waals surface area contributed by atoms with Gasteiger partial charge in [-0.2, -0.15) is 0 Å². The van der Waals surface area contributed by atoms with Gasteiger partial charge in [-0.15, -0.1) is 0 Å². The molecule has 1 aliphatic heterocycles. The largest absolute Gasteiger partial charge is 0.493 e. The molecule has 1 heterocycles. The fraction of sp³-hybridized carbons (Fsp3) is 0.462. The minimum Gasteiger partial charge on any atom is -0.493 e. The van der Waals surface area contributed by atoms with Crippen LogP contribution in [0.2, 0.25) is 0 Å². The number of benzene rings is 1. The van der Waals surface area contributed by atoms with Crippen LogP contribution in [0.15, 0.2) is 18.2 Å². The van der Waals surface area contributed by atoms with E-state index >= 15 is 0 Å². The zero-order chi connectivity index (χ0) is 13.0. The molecule has 1 atom stereocenters. The van der Waals surface area contributed by atoms with Crippen molar-refractivity contribution in [2.24, 2.45) is 0 Å². The third kappa shape index (κ3) is 2.92. The lowest BCUT2D eigenvalue weighted by atomic mass is 10.2. The molecule has 1 aliphatic rings. The summed E-state index contributed by atoms with van der Waals surface area (Å²) < 4.78 is 10.8. The summed E-state index contributed by atoms with van der Waals surface area (Å²) in [6.45, 7) is 1.60. The lowest BCUT2D eigenvalue weighted by molar-refractivity contribution is 0.0696. The molecule has 0 spiro atoms. The van der Waals surface area contributed by atoms with Gasteiger partial charge in [0.2, 0.25) is 0 Å². The van der Waals surface area contributed by atoms with Crippen LogP contribution in [0.4, 0.5) is 0 Å². The van der Waals surface area contributed by atoms with Crippen LogP contribution in [0.3, 0.4) is 0 Å². The number of ether oxygens (including phenoxy) is 2. The van der Waals surface area contributed by atoms with Gasteiger partial charge < -0.3 is 19.9 Å². The number of nitrogens with one attached hydrogen (secondary N) is 1. The van der Waals surface area contributed by atoms with Crippen LogP contribution >= 0.6 is 0 Å². The number of hydrogen-bond donors (Lipinski definition) is 2. The molecule has 1 unspecified atom stereocenters. The van der Waals surface area contributed by atoms with Crippen molar-refractivity contribution < 1.29 is 19.4 Å². The molecule has 0 aromatic heterocycles. The second-order valence-electron chi connectivity index (χ2n) is 4.28. The predicted octanol–water partition coefficient (Wildman–Crippen LogP) is 1.52. The Morgan fingerprint density at radius 3 is 2.94 bits per heavy atom. The van der Waals surface area contributed by atoms with Crippen LogP contribution in [0, 0.1) is 0 Å². The van der Waals surface area contributed by atoms with E-state index in [0.29, 0.717) is 24.1 Å². The maximum Gasteiger partial charge on any atom is 0.335 e. The average Bonchev–Trinajstić information content (AvgIpc) is 2.89. The molecule has 0 amide bonds. The van der Waals surface area contributed by atoms with Crippen molar-refractivity contribution in [3.05, 3.63) is 23.8 Å². The highest BCUT2D eigenvalue weighted by Gasteiger charge is 2.16. The van der Waals surface area contributed by atoms with Crippen molar-refractivity contribution in [3.8, 4) is 11.5 Å². The molecule has 1 fully saturated rings. The first-order valence-electron chi connectivity index (χ1n) is 5.98. The molecule has 5 heteroatoms. The minimum atomic E-state index is -0.975. The van der Waals surface area contributed by atoms with Gasteiger partial charge in [-0.05, 0) is 37.6 Å². The van der Waals surface area contributed by atoms with E-state index in [1.54, 1.807) is 6.07 Å². The molecule has 98 valence electrons. The summed E-state index contributed by atoms with van der Waals surface area (Å²) in [5.74, 6) is 0.0569. The Morgan fingerprint density at radius 2 is 2.33 bits per heavy atom. The quantitative estimate of drug-likeness (QED) is 0.830. The fourth-order valence-corrected chi connectivity index (χ4v) is 2.01. The Kier molecular flexibility index (Phi) is 4.04. The summed E-state index contributed by atoms with van der Waals surface area (Å²) >= 11 is 0. The highest BCUT2D eigenvalue weighted by Crippen LogP contribution is 2.28. The smallest absolute Gasteiger partial charge is 0.335 e. The second kappa shape index (κ2) is 5.73. The van der Waals surface area contributed by atoms with Crippen molar-refractivity contribution >= 4 is 5.97 Å². The van der Waals surface area contributed by atoms with Crippen molar-refractivity contribution in [1.29, 1.82) is 0 Å². The Hall–Kier alpha value is -1.75. The molecule has 18 heavy (non-hydrogen) atoms. The number of carboxylic acids is 1. The van der Waals surface area contributed by atoms with Gasteiger partial charge in [0.15, 0.2) is 11.5 Å². The summed E-state index contributed by atoms with van der Waals surface area (Å²) in [6, 6.07) is 4.99. The summed E-state index contributed by atoms with van der Waals surface area (Å²) in [6.07, 6.45) is 2.28. The number of methoxy groups -OCH3 is 1. The number of carbonyl (C=O) groups is 1. The standard InChI is InChI=1S/C13H17NO4/c1-17-12-7-9(13(15)16)4-5-11(12)18-8-10-3-2-6-14-10/h4-5,7,10,14H,2-3,6,8H2,1H3,(H,15,16). The first-order chi connectivity index (χ1) is 8.70. The normalized spacial score (nSPS) is 18.6. The zero-order valence-corrected chi connectivity index (χ0v) is 10.3. The summed E-state index contributed by atoms with van der Waals surface area (Å²) in [4.78, 5) is 10.8. The number of hydrogen-bond acceptors (Lipinski definition) is 4. The van der Waals surface area contributed by atoms with Gasteiger partial charge >= 0.3 is 5.97 Å². The van der Waals surface area contributed by atoms with Crippen LogP contribution in [0.5, 0.6) is 11.5 Å². The van der Waals surface area contributed by atoms with Crippen LogP contribution in [0.25, 0.3) is 0 Å². The van der Waals surface area contributed by atoms with Crippen molar-refractivity contribution in [2.75, 3.05) is 20.3 Å². The molecular weight excluding hydrogens is 234 g/mol. The van der Waals surface area contributed by atoms with E-state index in [0.717, 1.165) is 13.0 Å². The zero-order valence-electron chi connectivity index (χ0n) is 10.3. The molecule has 0 radical (unpaired) electrons.